The molecule has 0 saturated heterocycles. The first kappa shape index (κ1) is 18.1. The number of tetrazole rings is 1. The van der Waals surface area contributed by atoms with Gasteiger partial charge in [-0.25, -0.2) is 0 Å². The summed E-state index contributed by atoms with van der Waals surface area (Å²) in [6.45, 7) is 2.55. The number of thioether (sulfide) groups is 1. The predicted molar refractivity (Wildman–Crippen MR) is 99.7 cm³/mol. The minimum Gasteiger partial charge on any atom is -0.497 e. The van der Waals surface area contributed by atoms with E-state index in [1.807, 2.05) is 49.4 Å². The lowest BCUT2D eigenvalue weighted by atomic mass is 10.2. The number of benzene rings is 2. The summed E-state index contributed by atoms with van der Waals surface area (Å²) >= 11 is 1.52. The molecule has 3 rings (SSSR count). The maximum Gasteiger partial charge on any atom is 0.214 e. The van der Waals surface area contributed by atoms with Crippen LogP contribution < -0.4 is 14.2 Å². The molecule has 0 saturated carbocycles. The van der Waals surface area contributed by atoms with Crippen LogP contribution in [0, 0.1) is 6.92 Å². The van der Waals surface area contributed by atoms with Crippen LogP contribution in [0.2, 0.25) is 0 Å². The zero-order chi connectivity index (χ0) is 18.4. The van der Waals surface area contributed by atoms with Gasteiger partial charge in [-0.1, -0.05) is 17.8 Å². The lowest BCUT2D eigenvalue weighted by Crippen LogP contribution is -2.05. The molecule has 0 spiro atoms. The highest BCUT2D eigenvalue weighted by atomic mass is 32.2. The van der Waals surface area contributed by atoms with Crippen molar-refractivity contribution < 1.29 is 14.2 Å². The third kappa shape index (κ3) is 4.26. The molecule has 8 heteroatoms. The molecule has 136 valence electrons. The molecular formula is C18H20N4O3S. The molecule has 3 aromatic rings. The van der Waals surface area contributed by atoms with Crippen molar-refractivity contribution in [3.8, 4) is 22.9 Å². The molecule has 0 N–H and O–H groups in total. The normalized spacial score (nSPS) is 10.6. The average molecular weight is 372 g/mol. The van der Waals surface area contributed by atoms with Gasteiger partial charge < -0.3 is 14.2 Å². The Hall–Kier alpha value is -2.74. The van der Waals surface area contributed by atoms with Crippen LogP contribution in [0.15, 0.2) is 47.6 Å². The Bertz CT molecular complexity index is 852. The zero-order valence-electron chi connectivity index (χ0n) is 14.9. The van der Waals surface area contributed by atoms with Crippen LogP contribution in [-0.2, 0) is 0 Å². The van der Waals surface area contributed by atoms with Gasteiger partial charge in [0.25, 0.3) is 0 Å². The van der Waals surface area contributed by atoms with Gasteiger partial charge >= 0.3 is 0 Å². The molecule has 0 fully saturated rings. The van der Waals surface area contributed by atoms with Gasteiger partial charge in [0.2, 0.25) is 5.16 Å². The summed E-state index contributed by atoms with van der Waals surface area (Å²) in [5, 5.41) is 12.7. The van der Waals surface area contributed by atoms with E-state index in [2.05, 4.69) is 15.5 Å². The number of aromatic nitrogens is 4. The highest BCUT2D eigenvalue weighted by Gasteiger charge is 2.13. The van der Waals surface area contributed by atoms with Gasteiger partial charge in [-0.2, -0.15) is 4.68 Å². The summed E-state index contributed by atoms with van der Waals surface area (Å²) in [6.07, 6.45) is 0. The van der Waals surface area contributed by atoms with E-state index in [4.69, 9.17) is 14.2 Å². The molecule has 0 radical (unpaired) electrons. The van der Waals surface area contributed by atoms with Crippen molar-refractivity contribution in [2.75, 3.05) is 26.6 Å². The van der Waals surface area contributed by atoms with E-state index in [1.54, 1.807) is 18.9 Å². The molecule has 0 atom stereocenters. The number of nitrogens with zero attached hydrogens (tertiary/aromatic N) is 4. The summed E-state index contributed by atoms with van der Waals surface area (Å²) in [7, 11) is 3.27. The van der Waals surface area contributed by atoms with Crippen LogP contribution >= 0.6 is 11.8 Å². The number of hydrogen-bond acceptors (Lipinski definition) is 7. The maximum absolute atomic E-state index is 5.73. The van der Waals surface area contributed by atoms with Gasteiger partial charge in [-0.05, 0) is 59.3 Å². The van der Waals surface area contributed by atoms with Crippen LogP contribution in [0.3, 0.4) is 0 Å². The lowest BCUT2D eigenvalue weighted by Gasteiger charge is -2.10. The Labute approximate surface area is 156 Å². The number of aryl methyl sites for hydroxylation is 1. The third-order valence-electron chi connectivity index (χ3n) is 3.65. The number of ether oxygens (including phenoxy) is 3. The largest absolute Gasteiger partial charge is 0.497 e. The molecule has 7 nitrogen and oxygen atoms in total. The van der Waals surface area contributed by atoms with E-state index in [-0.39, 0.29) is 0 Å². The molecule has 0 aliphatic rings. The Morgan fingerprint density at radius 3 is 2.50 bits per heavy atom. The van der Waals surface area contributed by atoms with Crippen LogP contribution in [-0.4, -0.2) is 46.8 Å². The number of rotatable bonds is 8. The van der Waals surface area contributed by atoms with Crippen LogP contribution in [0.4, 0.5) is 0 Å². The third-order valence-corrected chi connectivity index (χ3v) is 4.53. The Kier molecular flexibility index (Phi) is 5.96. The van der Waals surface area contributed by atoms with Crippen LogP contribution in [0.5, 0.6) is 17.2 Å². The molecule has 0 amide bonds. The van der Waals surface area contributed by atoms with Crippen molar-refractivity contribution in [2.24, 2.45) is 0 Å². The first-order valence-corrected chi connectivity index (χ1v) is 9.03. The van der Waals surface area contributed by atoms with E-state index < -0.39 is 0 Å². The highest BCUT2D eigenvalue weighted by Crippen LogP contribution is 2.27. The Balaban J connectivity index is 1.61. The zero-order valence-corrected chi connectivity index (χ0v) is 15.7. The smallest absolute Gasteiger partial charge is 0.214 e. The minimum atomic E-state index is 0.537. The second kappa shape index (κ2) is 8.57. The fraction of sp³-hybridized carbons (Fsp3) is 0.278. The summed E-state index contributed by atoms with van der Waals surface area (Å²) in [5.41, 5.74) is 1.92. The van der Waals surface area contributed by atoms with E-state index in [1.165, 1.54) is 11.8 Å². The van der Waals surface area contributed by atoms with Crippen LogP contribution in [0.1, 0.15) is 5.56 Å². The van der Waals surface area contributed by atoms with Crippen molar-refractivity contribution in [1.29, 1.82) is 0 Å². The van der Waals surface area contributed by atoms with Crippen molar-refractivity contribution in [3.05, 3.63) is 48.0 Å². The molecule has 0 unspecified atom stereocenters. The van der Waals surface area contributed by atoms with Gasteiger partial charge in [0.05, 0.1) is 20.8 Å². The molecule has 0 aliphatic heterocycles. The second-order valence-electron chi connectivity index (χ2n) is 5.42. The molecule has 2 aromatic carbocycles. The summed E-state index contributed by atoms with van der Waals surface area (Å²) < 4.78 is 18.0. The van der Waals surface area contributed by atoms with Gasteiger partial charge in [0, 0.05) is 5.75 Å². The fourth-order valence-electron chi connectivity index (χ4n) is 2.35. The van der Waals surface area contributed by atoms with Gasteiger partial charge in [0.1, 0.15) is 22.9 Å². The minimum absolute atomic E-state index is 0.537. The molecule has 1 heterocycles. The first-order chi connectivity index (χ1) is 12.7. The monoisotopic (exact) mass is 372 g/mol. The van der Waals surface area contributed by atoms with Crippen molar-refractivity contribution in [2.45, 2.75) is 12.1 Å². The number of hydrogen-bond donors (Lipinski definition) is 0. The highest BCUT2D eigenvalue weighted by molar-refractivity contribution is 7.99. The molecular weight excluding hydrogens is 352 g/mol. The standard InChI is InChI=1S/C18H20N4O3S/c1-13-4-9-17(24-3)16(12-13)22-18(19-20-21-22)26-11-10-25-15-7-5-14(23-2)6-8-15/h4-9,12H,10-11H2,1-3H3. The van der Waals surface area contributed by atoms with Crippen molar-refractivity contribution >= 4 is 11.8 Å². The topological polar surface area (TPSA) is 71.3 Å². The maximum atomic E-state index is 5.73. The number of methoxy groups -OCH3 is 2. The van der Waals surface area contributed by atoms with E-state index in [0.29, 0.717) is 17.5 Å². The van der Waals surface area contributed by atoms with Gasteiger partial charge in [0.15, 0.2) is 0 Å². The molecule has 26 heavy (non-hydrogen) atoms. The second-order valence-corrected chi connectivity index (χ2v) is 6.48. The summed E-state index contributed by atoms with van der Waals surface area (Å²) in [4.78, 5) is 0. The fourth-order valence-corrected chi connectivity index (χ4v) is 3.05. The summed E-state index contributed by atoms with van der Waals surface area (Å²) in [5.74, 6) is 3.03. The molecule has 0 aliphatic carbocycles. The molecule has 0 bridgehead atoms. The van der Waals surface area contributed by atoms with Gasteiger partial charge in [-0.15, -0.1) is 5.10 Å². The van der Waals surface area contributed by atoms with Crippen molar-refractivity contribution in [1.82, 2.24) is 20.2 Å². The van der Waals surface area contributed by atoms with E-state index in [9.17, 15) is 0 Å². The lowest BCUT2D eigenvalue weighted by molar-refractivity contribution is 0.342. The first-order valence-electron chi connectivity index (χ1n) is 8.04. The summed E-state index contributed by atoms with van der Waals surface area (Å²) in [6, 6.07) is 13.4. The van der Waals surface area contributed by atoms with E-state index in [0.717, 1.165) is 28.5 Å². The molecule has 1 aromatic heterocycles. The van der Waals surface area contributed by atoms with E-state index >= 15 is 0 Å². The van der Waals surface area contributed by atoms with Crippen LogP contribution in [0.25, 0.3) is 5.69 Å². The quantitative estimate of drug-likeness (QED) is 0.444. The Morgan fingerprint density at radius 1 is 1.00 bits per heavy atom. The predicted octanol–water partition coefficient (Wildman–Crippen LogP) is 3.16. The SMILES string of the molecule is COc1ccc(OCCSc2nnnn2-c2cc(C)ccc2OC)cc1. The average Bonchev–Trinajstić information content (AvgIpc) is 3.14. The van der Waals surface area contributed by atoms with Gasteiger partial charge in [-0.3, -0.25) is 0 Å². The van der Waals surface area contributed by atoms with Crippen molar-refractivity contribution in [3.63, 3.8) is 0 Å². The Morgan fingerprint density at radius 2 is 1.77 bits per heavy atom.